The first kappa shape index (κ1) is 11.3. The zero-order chi connectivity index (χ0) is 12.3. The van der Waals surface area contributed by atoms with E-state index in [1.54, 1.807) is 0 Å². The zero-order valence-corrected chi connectivity index (χ0v) is 9.01. The van der Waals surface area contributed by atoms with Crippen LogP contribution in [0.2, 0.25) is 0 Å². The molecule has 6 heteroatoms. The lowest BCUT2D eigenvalue weighted by Crippen LogP contribution is -2.04. The SMILES string of the molecule is COC(=O)Cc1nc(-c2ccc(F)cc2)no1. The second-order valence-corrected chi connectivity index (χ2v) is 3.27. The monoisotopic (exact) mass is 236 g/mol. The summed E-state index contributed by atoms with van der Waals surface area (Å²) < 4.78 is 22.0. The molecule has 88 valence electrons. The molecule has 0 aliphatic heterocycles. The van der Waals surface area contributed by atoms with Gasteiger partial charge in [0.25, 0.3) is 0 Å². The highest BCUT2D eigenvalue weighted by Crippen LogP contribution is 2.16. The summed E-state index contributed by atoms with van der Waals surface area (Å²) in [5, 5.41) is 3.69. The van der Waals surface area contributed by atoms with Gasteiger partial charge in [-0.3, -0.25) is 4.79 Å². The van der Waals surface area contributed by atoms with Crippen molar-refractivity contribution in [1.29, 1.82) is 0 Å². The van der Waals surface area contributed by atoms with Gasteiger partial charge in [-0.25, -0.2) is 4.39 Å². The van der Waals surface area contributed by atoms with Crippen molar-refractivity contribution < 1.29 is 18.4 Å². The second-order valence-electron chi connectivity index (χ2n) is 3.27. The lowest BCUT2D eigenvalue weighted by molar-refractivity contribution is -0.140. The minimum Gasteiger partial charge on any atom is -0.469 e. The Labute approximate surface area is 96.2 Å². The molecule has 2 rings (SSSR count). The Morgan fingerprint density at radius 1 is 1.41 bits per heavy atom. The Kier molecular flexibility index (Phi) is 3.13. The first-order valence-corrected chi connectivity index (χ1v) is 4.84. The van der Waals surface area contributed by atoms with Crippen molar-refractivity contribution in [3.8, 4) is 11.4 Å². The molecule has 0 atom stereocenters. The van der Waals surface area contributed by atoms with Crippen LogP contribution in [0.1, 0.15) is 5.89 Å². The Morgan fingerprint density at radius 3 is 2.76 bits per heavy atom. The van der Waals surface area contributed by atoms with Crippen molar-refractivity contribution in [2.75, 3.05) is 7.11 Å². The van der Waals surface area contributed by atoms with Gasteiger partial charge in [-0.05, 0) is 24.3 Å². The van der Waals surface area contributed by atoms with Crippen LogP contribution >= 0.6 is 0 Å². The predicted molar refractivity (Wildman–Crippen MR) is 55.4 cm³/mol. The lowest BCUT2D eigenvalue weighted by atomic mass is 10.2. The first-order valence-electron chi connectivity index (χ1n) is 4.84. The number of esters is 1. The Balaban J connectivity index is 2.18. The molecule has 0 unspecified atom stereocenters. The number of halogens is 1. The van der Waals surface area contributed by atoms with Gasteiger partial charge in [0.05, 0.1) is 7.11 Å². The van der Waals surface area contributed by atoms with Gasteiger partial charge in [-0.1, -0.05) is 5.16 Å². The van der Waals surface area contributed by atoms with Gasteiger partial charge < -0.3 is 9.26 Å². The van der Waals surface area contributed by atoms with Crippen LogP contribution in [-0.4, -0.2) is 23.2 Å². The van der Waals surface area contributed by atoms with Crippen LogP contribution in [-0.2, 0) is 16.0 Å². The van der Waals surface area contributed by atoms with E-state index in [0.717, 1.165) is 0 Å². The maximum Gasteiger partial charge on any atom is 0.315 e. The molecule has 0 saturated carbocycles. The summed E-state index contributed by atoms with van der Waals surface area (Å²) in [6.45, 7) is 0. The summed E-state index contributed by atoms with van der Waals surface area (Å²) in [4.78, 5) is 15.0. The molecule has 0 bridgehead atoms. The van der Waals surface area contributed by atoms with E-state index in [1.807, 2.05) is 0 Å². The fraction of sp³-hybridized carbons (Fsp3) is 0.182. The van der Waals surface area contributed by atoms with Gasteiger partial charge >= 0.3 is 5.97 Å². The average molecular weight is 236 g/mol. The molecule has 1 heterocycles. The number of hydrogen-bond acceptors (Lipinski definition) is 5. The average Bonchev–Trinajstić information content (AvgIpc) is 2.78. The molecule has 5 nitrogen and oxygen atoms in total. The summed E-state index contributed by atoms with van der Waals surface area (Å²) in [7, 11) is 1.28. The van der Waals surface area contributed by atoms with Crippen molar-refractivity contribution in [1.82, 2.24) is 10.1 Å². The third-order valence-corrected chi connectivity index (χ3v) is 2.09. The van der Waals surface area contributed by atoms with Gasteiger partial charge in [0.1, 0.15) is 12.2 Å². The second kappa shape index (κ2) is 4.73. The molecule has 0 saturated heterocycles. The van der Waals surface area contributed by atoms with Crippen LogP contribution in [0.4, 0.5) is 4.39 Å². The van der Waals surface area contributed by atoms with Crippen molar-refractivity contribution in [3.63, 3.8) is 0 Å². The Bertz CT molecular complexity index is 522. The number of benzene rings is 1. The number of ether oxygens (including phenoxy) is 1. The van der Waals surface area contributed by atoms with E-state index in [0.29, 0.717) is 11.4 Å². The van der Waals surface area contributed by atoms with Crippen molar-refractivity contribution in [2.24, 2.45) is 0 Å². The molecule has 0 N–H and O–H groups in total. The van der Waals surface area contributed by atoms with Gasteiger partial charge in [-0.15, -0.1) is 0 Å². The zero-order valence-electron chi connectivity index (χ0n) is 9.01. The smallest absolute Gasteiger partial charge is 0.315 e. The van der Waals surface area contributed by atoms with Crippen LogP contribution in [0, 0.1) is 5.82 Å². The van der Waals surface area contributed by atoms with E-state index in [-0.39, 0.29) is 18.1 Å². The predicted octanol–water partition coefficient (Wildman–Crippen LogP) is 1.59. The number of nitrogens with zero attached hydrogens (tertiary/aromatic N) is 2. The molecule has 1 aromatic heterocycles. The molecule has 1 aromatic carbocycles. The third kappa shape index (κ3) is 2.66. The van der Waals surface area contributed by atoms with Crippen molar-refractivity contribution in [3.05, 3.63) is 36.0 Å². The van der Waals surface area contributed by atoms with E-state index in [2.05, 4.69) is 14.9 Å². The van der Waals surface area contributed by atoms with Crippen molar-refractivity contribution >= 4 is 5.97 Å². The number of hydrogen-bond donors (Lipinski definition) is 0. The molecular weight excluding hydrogens is 227 g/mol. The molecule has 2 aromatic rings. The van der Waals surface area contributed by atoms with Crippen LogP contribution in [0.25, 0.3) is 11.4 Å². The van der Waals surface area contributed by atoms with E-state index in [4.69, 9.17) is 4.52 Å². The molecule has 0 aliphatic carbocycles. The standard InChI is InChI=1S/C11H9FN2O3/c1-16-10(15)6-9-13-11(14-17-9)7-2-4-8(12)5-3-7/h2-5H,6H2,1H3. The summed E-state index contributed by atoms with van der Waals surface area (Å²) in [5.74, 6) is -0.327. The molecule has 17 heavy (non-hydrogen) atoms. The maximum absolute atomic E-state index is 12.7. The van der Waals surface area contributed by atoms with E-state index in [1.165, 1.54) is 31.4 Å². The highest BCUT2D eigenvalue weighted by Gasteiger charge is 2.12. The highest BCUT2D eigenvalue weighted by molar-refractivity contribution is 5.71. The van der Waals surface area contributed by atoms with Crippen LogP contribution in [0.3, 0.4) is 0 Å². The number of methoxy groups -OCH3 is 1. The molecule has 0 radical (unpaired) electrons. The quantitative estimate of drug-likeness (QED) is 0.757. The summed E-state index contributed by atoms with van der Waals surface area (Å²) in [5.41, 5.74) is 0.617. The summed E-state index contributed by atoms with van der Waals surface area (Å²) >= 11 is 0. The topological polar surface area (TPSA) is 65.2 Å². The minimum atomic E-state index is -0.459. The number of rotatable bonds is 3. The molecule has 0 amide bonds. The van der Waals surface area contributed by atoms with Gasteiger partial charge in [-0.2, -0.15) is 4.98 Å². The van der Waals surface area contributed by atoms with E-state index >= 15 is 0 Å². The minimum absolute atomic E-state index is 0.0787. The number of aromatic nitrogens is 2. The summed E-state index contributed by atoms with van der Waals surface area (Å²) in [6.07, 6.45) is -0.0787. The molecule has 0 fully saturated rings. The van der Waals surface area contributed by atoms with Crippen LogP contribution < -0.4 is 0 Å². The van der Waals surface area contributed by atoms with Crippen LogP contribution in [0.15, 0.2) is 28.8 Å². The lowest BCUT2D eigenvalue weighted by Gasteiger charge is -1.93. The number of carbonyl (C=O) groups is 1. The van der Waals surface area contributed by atoms with E-state index < -0.39 is 5.97 Å². The normalized spacial score (nSPS) is 10.2. The van der Waals surface area contributed by atoms with E-state index in [9.17, 15) is 9.18 Å². The maximum atomic E-state index is 12.7. The van der Waals surface area contributed by atoms with Gasteiger partial charge in [0.2, 0.25) is 11.7 Å². The molecule has 0 aliphatic rings. The Hall–Kier alpha value is -2.24. The van der Waals surface area contributed by atoms with Gasteiger partial charge in [0, 0.05) is 5.56 Å². The van der Waals surface area contributed by atoms with Gasteiger partial charge in [0.15, 0.2) is 0 Å². The van der Waals surface area contributed by atoms with Crippen molar-refractivity contribution in [2.45, 2.75) is 6.42 Å². The third-order valence-electron chi connectivity index (χ3n) is 2.09. The summed E-state index contributed by atoms with van der Waals surface area (Å²) in [6, 6.07) is 5.65. The fourth-order valence-electron chi connectivity index (χ4n) is 1.24. The Morgan fingerprint density at radius 2 is 2.12 bits per heavy atom. The fourth-order valence-corrected chi connectivity index (χ4v) is 1.24. The number of carbonyl (C=O) groups excluding carboxylic acids is 1. The molecule has 0 spiro atoms. The first-order chi connectivity index (χ1) is 8.19. The molecular formula is C11H9FN2O3. The van der Waals surface area contributed by atoms with Crippen LogP contribution in [0.5, 0.6) is 0 Å². The highest BCUT2D eigenvalue weighted by atomic mass is 19.1. The largest absolute Gasteiger partial charge is 0.469 e.